The lowest BCUT2D eigenvalue weighted by Crippen LogP contribution is -2.30. The van der Waals surface area contributed by atoms with Gasteiger partial charge in [0.15, 0.2) is 0 Å². The van der Waals surface area contributed by atoms with E-state index in [1.165, 1.54) is 0 Å². The number of halogens is 3. The molecular formula is C10H17F3N2O. The first kappa shape index (κ1) is 15.2. The summed E-state index contributed by atoms with van der Waals surface area (Å²) in [5.74, 6) is 0. The molecule has 16 heavy (non-hydrogen) atoms. The molecule has 0 aliphatic carbocycles. The van der Waals surface area contributed by atoms with E-state index in [0.717, 1.165) is 0 Å². The highest BCUT2D eigenvalue weighted by molar-refractivity contribution is 4.78. The van der Waals surface area contributed by atoms with Crippen LogP contribution < -0.4 is 0 Å². The van der Waals surface area contributed by atoms with E-state index in [2.05, 4.69) is 4.74 Å². The van der Waals surface area contributed by atoms with Gasteiger partial charge < -0.3 is 9.64 Å². The number of nitrogens with zero attached hydrogens (tertiary/aromatic N) is 2. The Balaban J connectivity index is 3.49. The Morgan fingerprint density at radius 3 is 2.56 bits per heavy atom. The van der Waals surface area contributed by atoms with Crippen molar-refractivity contribution in [1.82, 2.24) is 4.90 Å². The summed E-state index contributed by atoms with van der Waals surface area (Å²) < 4.78 is 39.6. The molecule has 1 atom stereocenters. The molecule has 0 saturated carbocycles. The summed E-state index contributed by atoms with van der Waals surface area (Å²) >= 11 is 0. The van der Waals surface area contributed by atoms with Crippen LogP contribution in [-0.2, 0) is 4.74 Å². The third-order valence-corrected chi connectivity index (χ3v) is 2.20. The van der Waals surface area contributed by atoms with Crippen LogP contribution >= 0.6 is 0 Å². The van der Waals surface area contributed by atoms with Crippen LogP contribution in [0.3, 0.4) is 0 Å². The Kier molecular flexibility index (Phi) is 7.10. The molecule has 0 aromatic rings. The van der Waals surface area contributed by atoms with Gasteiger partial charge >= 0.3 is 6.18 Å². The van der Waals surface area contributed by atoms with Crippen molar-refractivity contribution in [3.8, 4) is 6.07 Å². The predicted octanol–water partition coefficient (Wildman–Crippen LogP) is 2.19. The van der Waals surface area contributed by atoms with Crippen LogP contribution in [0.25, 0.3) is 0 Å². The molecule has 0 bridgehead atoms. The van der Waals surface area contributed by atoms with Gasteiger partial charge in [0.25, 0.3) is 0 Å². The Morgan fingerprint density at radius 1 is 1.44 bits per heavy atom. The second-order valence-corrected chi connectivity index (χ2v) is 3.71. The van der Waals surface area contributed by atoms with Gasteiger partial charge in [-0.3, -0.25) is 0 Å². The molecule has 0 aliphatic heterocycles. The summed E-state index contributed by atoms with van der Waals surface area (Å²) in [7, 11) is 1.84. The SMILES string of the molecule is CC(CC#N)N(C)CCCOCC(F)(F)F. The second-order valence-electron chi connectivity index (χ2n) is 3.71. The minimum atomic E-state index is -4.25. The van der Waals surface area contributed by atoms with Gasteiger partial charge in [0.2, 0.25) is 0 Å². The van der Waals surface area contributed by atoms with Crippen LogP contribution in [0.15, 0.2) is 0 Å². The van der Waals surface area contributed by atoms with Crippen molar-refractivity contribution in [3.05, 3.63) is 0 Å². The molecule has 0 aromatic heterocycles. The van der Waals surface area contributed by atoms with E-state index in [9.17, 15) is 13.2 Å². The smallest absolute Gasteiger partial charge is 0.372 e. The molecule has 3 nitrogen and oxygen atoms in total. The monoisotopic (exact) mass is 238 g/mol. The molecule has 0 spiro atoms. The van der Waals surface area contributed by atoms with Crippen LogP contribution in [0, 0.1) is 11.3 Å². The Morgan fingerprint density at radius 2 is 2.06 bits per heavy atom. The molecule has 0 saturated heterocycles. The van der Waals surface area contributed by atoms with Crippen molar-refractivity contribution < 1.29 is 17.9 Å². The number of hydrogen-bond acceptors (Lipinski definition) is 3. The van der Waals surface area contributed by atoms with Crippen molar-refractivity contribution in [2.75, 3.05) is 26.8 Å². The molecule has 0 aromatic carbocycles. The Hall–Kier alpha value is -0.800. The van der Waals surface area contributed by atoms with E-state index in [1.807, 2.05) is 24.9 Å². The van der Waals surface area contributed by atoms with Crippen LogP contribution in [0.2, 0.25) is 0 Å². The number of hydrogen-bond donors (Lipinski definition) is 0. The topological polar surface area (TPSA) is 36.3 Å². The van der Waals surface area contributed by atoms with Gasteiger partial charge in [-0.15, -0.1) is 0 Å². The van der Waals surface area contributed by atoms with E-state index in [1.54, 1.807) is 0 Å². The quantitative estimate of drug-likeness (QED) is 0.638. The minimum absolute atomic E-state index is 0.0864. The van der Waals surface area contributed by atoms with Gasteiger partial charge in [-0.25, -0.2) is 0 Å². The van der Waals surface area contributed by atoms with E-state index >= 15 is 0 Å². The van der Waals surface area contributed by atoms with Gasteiger partial charge in [0.05, 0.1) is 12.5 Å². The molecular weight excluding hydrogens is 221 g/mol. The summed E-state index contributed by atoms with van der Waals surface area (Å²) in [5.41, 5.74) is 0. The lowest BCUT2D eigenvalue weighted by atomic mass is 10.2. The highest BCUT2D eigenvalue weighted by Crippen LogP contribution is 2.14. The molecule has 0 heterocycles. The molecule has 0 rings (SSSR count). The van der Waals surface area contributed by atoms with Gasteiger partial charge in [0.1, 0.15) is 6.61 Å². The molecule has 94 valence electrons. The van der Waals surface area contributed by atoms with Crippen molar-refractivity contribution >= 4 is 0 Å². The average Bonchev–Trinajstić information content (AvgIpc) is 2.15. The maximum Gasteiger partial charge on any atom is 0.411 e. The zero-order chi connectivity index (χ0) is 12.6. The number of nitriles is 1. The van der Waals surface area contributed by atoms with Crippen molar-refractivity contribution in [2.24, 2.45) is 0 Å². The zero-order valence-corrected chi connectivity index (χ0v) is 9.55. The number of rotatable bonds is 7. The lowest BCUT2D eigenvalue weighted by Gasteiger charge is -2.22. The van der Waals surface area contributed by atoms with Crippen LogP contribution in [0.5, 0.6) is 0 Å². The first-order valence-corrected chi connectivity index (χ1v) is 5.08. The van der Waals surface area contributed by atoms with Crippen molar-refractivity contribution in [1.29, 1.82) is 5.26 Å². The third-order valence-electron chi connectivity index (χ3n) is 2.20. The zero-order valence-electron chi connectivity index (χ0n) is 9.55. The van der Waals surface area contributed by atoms with Crippen molar-refractivity contribution in [2.45, 2.75) is 32.0 Å². The van der Waals surface area contributed by atoms with Gasteiger partial charge in [-0.1, -0.05) is 0 Å². The Bertz CT molecular complexity index is 225. The van der Waals surface area contributed by atoms with Crippen LogP contribution in [0.4, 0.5) is 13.2 Å². The minimum Gasteiger partial charge on any atom is -0.372 e. The fraction of sp³-hybridized carbons (Fsp3) is 0.900. The number of ether oxygens (including phenoxy) is 1. The van der Waals surface area contributed by atoms with E-state index in [4.69, 9.17) is 5.26 Å². The second kappa shape index (κ2) is 7.47. The van der Waals surface area contributed by atoms with Gasteiger partial charge in [-0.2, -0.15) is 18.4 Å². The first-order chi connectivity index (χ1) is 7.37. The lowest BCUT2D eigenvalue weighted by molar-refractivity contribution is -0.174. The maximum absolute atomic E-state index is 11.7. The van der Waals surface area contributed by atoms with Crippen molar-refractivity contribution in [3.63, 3.8) is 0 Å². The van der Waals surface area contributed by atoms with Crippen LogP contribution in [0.1, 0.15) is 19.8 Å². The van der Waals surface area contributed by atoms with Gasteiger partial charge in [-0.05, 0) is 20.4 Å². The largest absolute Gasteiger partial charge is 0.411 e. The fourth-order valence-corrected chi connectivity index (χ4v) is 1.11. The fourth-order valence-electron chi connectivity index (χ4n) is 1.11. The third kappa shape index (κ3) is 8.50. The molecule has 0 radical (unpaired) electrons. The molecule has 1 unspecified atom stereocenters. The summed E-state index contributed by atoms with van der Waals surface area (Å²) in [4.78, 5) is 1.93. The average molecular weight is 238 g/mol. The summed E-state index contributed by atoms with van der Waals surface area (Å²) in [5, 5.41) is 8.46. The van der Waals surface area contributed by atoms with E-state index < -0.39 is 12.8 Å². The van der Waals surface area contributed by atoms with E-state index in [-0.39, 0.29) is 12.6 Å². The standard InChI is InChI=1S/C10H17F3N2O/c1-9(4-5-14)15(2)6-3-7-16-8-10(11,12)13/h9H,3-4,6-8H2,1-2H3. The molecule has 0 aliphatic rings. The normalized spacial score (nSPS) is 13.8. The molecule has 0 amide bonds. The van der Waals surface area contributed by atoms with Gasteiger partial charge in [0, 0.05) is 19.2 Å². The predicted molar refractivity (Wildman–Crippen MR) is 53.8 cm³/mol. The summed E-state index contributed by atoms with van der Waals surface area (Å²) in [6.07, 6.45) is -3.30. The van der Waals surface area contributed by atoms with Crippen LogP contribution in [-0.4, -0.2) is 43.9 Å². The summed E-state index contributed by atoms with van der Waals surface area (Å²) in [6.45, 7) is 1.42. The highest BCUT2D eigenvalue weighted by atomic mass is 19.4. The van der Waals surface area contributed by atoms with E-state index in [0.29, 0.717) is 19.4 Å². The Labute approximate surface area is 93.8 Å². The highest BCUT2D eigenvalue weighted by Gasteiger charge is 2.27. The molecule has 0 N–H and O–H groups in total. The number of alkyl halides is 3. The first-order valence-electron chi connectivity index (χ1n) is 5.08. The maximum atomic E-state index is 11.7. The molecule has 0 fully saturated rings. The molecule has 6 heteroatoms. The summed E-state index contributed by atoms with van der Waals surface area (Å²) in [6, 6.07) is 2.17.